The minimum atomic E-state index is 0.243. The first-order valence-corrected chi connectivity index (χ1v) is 6.48. The maximum absolute atomic E-state index is 9.33. The molecule has 0 aliphatic heterocycles. The van der Waals surface area contributed by atoms with Gasteiger partial charge >= 0.3 is 0 Å². The predicted octanol–water partition coefficient (Wildman–Crippen LogP) is 1.28. The van der Waals surface area contributed by atoms with Crippen molar-refractivity contribution < 1.29 is 5.11 Å². The standard InChI is InChI=1S/C11H14ClN5O/c12-10-9-11(14-6-13-10)17(16-15-9)4-7-2-1-3-8(7)5-18/h6-8,18H,1-5H2/t7-,8-/m1/s1. The Morgan fingerprint density at radius 3 is 3.00 bits per heavy atom. The van der Waals surface area contributed by atoms with Gasteiger partial charge in [0.15, 0.2) is 16.3 Å². The average Bonchev–Trinajstić information content (AvgIpc) is 2.98. The molecule has 3 rings (SSSR count). The van der Waals surface area contributed by atoms with Gasteiger partial charge < -0.3 is 5.11 Å². The molecule has 1 aliphatic rings. The van der Waals surface area contributed by atoms with Gasteiger partial charge in [-0.05, 0) is 24.7 Å². The molecule has 2 heterocycles. The summed E-state index contributed by atoms with van der Waals surface area (Å²) in [5.74, 6) is 0.801. The van der Waals surface area contributed by atoms with Gasteiger partial charge in [0, 0.05) is 13.2 Å². The van der Waals surface area contributed by atoms with E-state index >= 15 is 0 Å². The number of rotatable bonds is 3. The third-order valence-electron chi connectivity index (χ3n) is 3.71. The number of halogens is 1. The van der Waals surface area contributed by atoms with E-state index in [1.54, 1.807) is 4.68 Å². The Hall–Kier alpha value is -1.27. The number of aliphatic hydroxyl groups is 1. The van der Waals surface area contributed by atoms with Crippen molar-refractivity contribution >= 4 is 22.8 Å². The predicted molar refractivity (Wildman–Crippen MR) is 66.0 cm³/mol. The summed E-state index contributed by atoms with van der Waals surface area (Å²) < 4.78 is 1.77. The van der Waals surface area contributed by atoms with Crippen molar-refractivity contribution in [3.05, 3.63) is 11.5 Å². The number of aliphatic hydroxyl groups excluding tert-OH is 1. The van der Waals surface area contributed by atoms with E-state index in [9.17, 15) is 5.11 Å². The molecule has 0 bridgehead atoms. The van der Waals surface area contributed by atoms with Crippen molar-refractivity contribution in [3.63, 3.8) is 0 Å². The molecule has 7 heteroatoms. The largest absolute Gasteiger partial charge is 0.396 e. The van der Waals surface area contributed by atoms with E-state index in [-0.39, 0.29) is 6.61 Å². The molecule has 0 spiro atoms. The summed E-state index contributed by atoms with van der Waals surface area (Å²) in [7, 11) is 0. The summed E-state index contributed by atoms with van der Waals surface area (Å²) in [6.45, 7) is 0.974. The van der Waals surface area contributed by atoms with Crippen molar-refractivity contribution in [2.75, 3.05) is 6.61 Å². The van der Waals surface area contributed by atoms with Gasteiger partial charge in [-0.3, -0.25) is 0 Å². The second-order valence-electron chi connectivity index (χ2n) is 4.74. The van der Waals surface area contributed by atoms with Gasteiger partial charge in [0.2, 0.25) is 0 Å². The fourth-order valence-electron chi connectivity index (χ4n) is 2.70. The summed E-state index contributed by atoms with van der Waals surface area (Å²) in [6, 6.07) is 0. The van der Waals surface area contributed by atoms with Crippen LogP contribution in [0.15, 0.2) is 6.33 Å². The van der Waals surface area contributed by atoms with Crippen LogP contribution >= 0.6 is 11.6 Å². The number of hydrogen-bond donors (Lipinski definition) is 1. The van der Waals surface area contributed by atoms with Gasteiger partial charge in [-0.2, -0.15) is 0 Å². The van der Waals surface area contributed by atoms with Crippen LogP contribution < -0.4 is 0 Å². The molecule has 2 atom stereocenters. The molecule has 2 aromatic heterocycles. The summed E-state index contributed by atoms with van der Waals surface area (Å²) in [4.78, 5) is 8.06. The molecule has 1 fully saturated rings. The first kappa shape index (κ1) is 11.8. The molecule has 1 saturated carbocycles. The molecule has 1 aliphatic carbocycles. The van der Waals surface area contributed by atoms with Gasteiger partial charge in [0.25, 0.3) is 0 Å². The van der Waals surface area contributed by atoms with E-state index in [1.807, 2.05) is 0 Å². The highest BCUT2D eigenvalue weighted by Gasteiger charge is 2.28. The van der Waals surface area contributed by atoms with Crippen LogP contribution in [-0.2, 0) is 6.54 Å². The molecular formula is C11H14ClN5O. The Balaban J connectivity index is 1.89. The van der Waals surface area contributed by atoms with Crippen LogP contribution in [0.5, 0.6) is 0 Å². The van der Waals surface area contributed by atoms with Crippen molar-refractivity contribution in [1.82, 2.24) is 25.0 Å². The van der Waals surface area contributed by atoms with E-state index in [4.69, 9.17) is 11.6 Å². The molecule has 18 heavy (non-hydrogen) atoms. The topological polar surface area (TPSA) is 76.7 Å². The molecule has 1 N–H and O–H groups in total. The van der Waals surface area contributed by atoms with Crippen molar-refractivity contribution in [1.29, 1.82) is 0 Å². The zero-order valence-electron chi connectivity index (χ0n) is 9.83. The Bertz CT molecular complexity index is 557. The van der Waals surface area contributed by atoms with E-state index in [2.05, 4.69) is 20.3 Å². The summed E-state index contributed by atoms with van der Waals surface area (Å²) in [5, 5.41) is 17.8. The minimum absolute atomic E-state index is 0.243. The fraction of sp³-hybridized carbons (Fsp3) is 0.636. The van der Waals surface area contributed by atoms with Gasteiger partial charge in [-0.15, -0.1) is 5.10 Å². The van der Waals surface area contributed by atoms with Crippen LogP contribution in [0.25, 0.3) is 11.2 Å². The molecule has 0 aromatic carbocycles. The Kier molecular flexibility index (Phi) is 3.13. The third-order valence-corrected chi connectivity index (χ3v) is 3.99. The highest BCUT2D eigenvalue weighted by atomic mass is 35.5. The van der Waals surface area contributed by atoms with E-state index in [1.165, 1.54) is 6.33 Å². The fourth-order valence-corrected chi connectivity index (χ4v) is 2.87. The number of nitrogens with zero attached hydrogens (tertiary/aromatic N) is 5. The lowest BCUT2D eigenvalue weighted by atomic mass is 9.97. The average molecular weight is 268 g/mol. The first-order chi connectivity index (χ1) is 8.79. The Morgan fingerprint density at radius 1 is 1.33 bits per heavy atom. The van der Waals surface area contributed by atoms with Gasteiger partial charge in [0.1, 0.15) is 6.33 Å². The summed E-state index contributed by atoms with van der Waals surface area (Å²) in [6.07, 6.45) is 4.79. The van der Waals surface area contributed by atoms with Crippen molar-refractivity contribution in [2.24, 2.45) is 11.8 Å². The van der Waals surface area contributed by atoms with Crippen molar-refractivity contribution in [2.45, 2.75) is 25.8 Å². The zero-order chi connectivity index (χ0) is 12.5. The van der Waals surface area contributed by atoms with Crippen LogP contribution in [0.2, 0.25) is 5.15 Å². The molecule has 2 aromatic rings. The maximum atomic E-state index is 9.33. The summed E-state index contributed by atoms with van der Waals surface area (Å²) in [5.41, 5.74) is 1.20. The first-order valence-electron chi connectivity index (χ1n) is 6.10. The normalized spacial score (nSPS) is 23.9. The molecule has 0 radical (unpaired) electrons. The van der Waals surface area contributed by atoms with E-state index in [0.717, 1.165) is 25.8 Å². The summed E-state index contributed by atoms with van der Waals surface area (Å²) >= 11 is 5.94. The molecule has 0 amide bonds. The SMILES string of the molecule is OC[C@H]1CCC[C@@H]1Cn1nnc2c(Cl)ncnc21. The number of fused-ring (bicyclic) bond motifs is 1. The quantitative estimate of drug-likeness (QED) is 0.848. The van der Waals surface area contributed by atoms with Crippen LogP contribution in [0.3, 0.4) is 0 Å². The van der Waals surface area contributed by atoms with Crippen LogP contribution in [0, 0.1) is 11.8 Å². The third kappa shape index (κ3) is 1.95. The molecule has 0 unspecified atom stereocenters. The number of hydrogen-bond acceptors (Lipinski definition) is 5. The zero-order valence-corrected chi connectivity index (χ0v) is 10.6. The van der Waals surface area contributed by atoms with Crippen LogP contribution in [0.4, 0.5) is 0 Å². The molecule has 6 nitrogen and oxygen atoms in total. The molecular weight excluding hydrogens is 254 g/mol. The molecule has 0 saturated heterocycles. The maximum Gasteiger partial charge on any atom is 0.183 e. The lowest BCUT2D eigenvalue weighted by Crippen LogP contribution is -2.19. The second kappa shape index (κ2) is 4.78. The smallest absolute Gasteiger partial charge is 0.183 e. The van der Waals surface area contributed by atoms with Crippen LogP contribution in [0.1, 0.15) is 19.3 Å². The Labute approximate surface area is 109 Å². The second-order valence-corrected chi connectivity index (χ2v) is 5.10. The highest BCUT2D eigenvalue weighted by Crippen LogP contribution is 2.32. The number of aromatic nitrogens is 5. The minimum Gasteiger partial charge on any atom is -0.396 e. The van der Waals surface area contributed by atoms with E-state index < -0.39 is 0 Å². The van der Waals surface area contributed by atoms with Gasteiger partial charge in [-0.1, -0.05) is 23.2 Å². The highest BCUT2D eigenvalue weighted by molar-refractivity contribution is 6.33. The lowest BCUT2D eigenvalue weighted by molar-refractivity contribution is 0.182. The monoisotopic (exact) mass is 267 g/mol. The Morgan fingerprint density at radius 2 is 2.17 bits per heavy atom. The van der Waals surface area contributed by atoms with Gasteiger partial charge in [-0.25, -0.2) is 14.6 Å². The van der Waals surface area contributed by atoms with Crippen molar-refractivity contribution in [3.8, 4) is 0 Å². The lowest BCUT2D eigenvalue weighted by Gasteiger charge is -2.16. The molecule has 96 valence electrons. The van der Waals surface area contributed by atoms with E-state index in [0.29, 0.717) is 28.2 Å². The van der Waals surface area contributed by atoms with Gasteiger partial charge in [0.05, 0.1) is 0 Å². The van der Waals surface area contributed by atoms with Crippen LogP contribution in [-0.4, -0.2) is 36.7 Å².